The van der Waals surface area contributed by atoms with Gasteiger partial charge in [-0.05, 0) is 123 Å². The molecule has 4 fully saturated rings. The number of aryl methyl sites for hydroxylation is 2. The molecule has 0 aliphatic carbocycles. The number of likely N-dealkylation sites (tertiary alicyclic amines) is 2. The number of nitrogens with two attached hydrogens (primary N) is 1. The van der Waals surface area contributed by atoms with Gasteiger partial charge >= 0.3 is 5.69 Å². The van der Waals surface area contributed by atoms with Crippen molar-refractivity contribution in [3.05, 3.63) is 106 Å². The number of rotatable bonds is 8. The summed E-state index contributed by atoms with van der Waals surface area (Å²) in [7, 11) is 1.70. The lowest BCUT2D eigenvalue weighted by molar-refractivity contribution is -0.138. The van der Waals surface area contributed by atoms with Crippen LogP contribution in [0, 0.1) is 36.5 Å². The Kier molecular flexibility index (Phi) is 12.7. The number of alkyl halides is 1. The Morgan fingerprint density at radius 1 is 0.879 bits per heavy atom. The highest BCUT2D eigenvalue weighted by atomic mass is 19.1. The molecule has 5 aromatic rings. The first kappa shape index (κ1) is 44.7. The second kappa shape index (κ2) is 18.8. The first-order valence-electron chi connectivity index (χ1n) is 23.5. The maximum Gasteiger partial charge on any atom is 0.329 e. The van der Waals surface area contributed by atoms with Gasteiger partial charge in [0.1, 0.15) is 12.2 Å². The van der Waals surface area contributed by atoms with E-state index in [4.69, 9.17) is 5.73 Å². The molecule has 1 aromatic heterocycles. The first-order chi connectivity index (χ1) is 31.8. The number of carbonyl (C=O) groups is 4. The summed E-state index contributed by atoms with van der Waals surface area (Å²) in [5.41, 5.74) is 11.8. The SMILES string of the molecule is Cc1ccc(N)cc1C(=O)N[C@H](C)c1ccc(C#C[C@@H]2CCN(CC3CCN(C(=O)C4CCN(c5ccc6c(c5)n(C)c(=O)n6C5CCC(=O)NC5=O)CC4)CC3)C[C@@H]2F)c2ccccc12. The molecule has 4 N–H and O–H groups in total. The van der Waals surface area contributed by atoms with Crippen LogP contribution in [-0.2, 0) is 21.4 Å². The van der Waals surface area contributed by atoms with Crippen LogP contribution in [0.15, 0.2) is 77.6 Å². The number of hydrogen-bond acceptors (Lipinski definition) is 8. The lowest BCUT2D eigenvalue weighted by atomic mass is 9.90. The van der Waals surface area contributed by atoms with Gasteiger partial charge in [-0.15, -0.1) is 0 Å². The molecule has 1 unspecified atom stereocenters. The minimum Gasteiger partial charge on any atom is -0.399 e. The van der Waals surface area contributed by atoms with Crippen LogP contribution in [0.3, 0.4) is 0 Å². The third-order valence-corrected chi connectivity index (χ3v) is 14.5. The zero-order valence-electron chi connectivity index (χ0n) is 38.0. The Bertz CT molecular complexity index is 2830. The number of nitrogens with one attached hydrogen (secondary N) is 2. The Morgan fingerprint density at radius 3 is 2.38 bits per heavy atom. The zero-order chi connectivity index (χ0) is 46.2. The van der Waals surface area contributed by atoms with Crippen LogP contribution in [0.2, 0.25) is 0 Å². The highest BCUT2D eigenvalue weighted by Gasteiger charge is 2.35. The van der Waals surface area contributed by atoms with Gasteiger partial charge in [-0.2, -0.15) is 0 Å². The average Bonchev–Trinajstić information content (AvgIpc) is 3.56. The molecule has 14 heteroatoms. The average molecular weight is 895 g/mol. The van der Waals surface area contributed by atoms with Crippen molar-refractivity contribution in [2.75, 3.05) is 56.4 Å². The normalized spacial score (nSPS) is 21.7. The number of nitrogens with zero attached hydrogens (tertiary/aromatic N) is 5. The van der Waals surface area contributed by atoms with Gasteiger partial charge in [0.2, 0.25) is 17.7 Å². The fraction of sp³-hybridized carbons (Fsp3) is 0.442. The van der Waals surface area contributed by atoms with E-state index in [2.05, 4.69) is 32.3 Å². The van der Waals surface area contributed by atoms with Crippen molar-refractivity contribution in [1.82, 2.24) is 29.6 Å². The van der Waals surface area contributed by atoms with Gasteiger partial charge in [-0.25, -0.2) is 9.18 Å². The van der Waals surface area contributed by atoms with E-state index in [0.29, 0.717) is 35.7 Å². The zero-order valence-corrected chi connectivity index (χ0v) is 38.0. The molecule has 4 aliphatic rings. The predicted octanol–water partition coefficient (Wildman–Crippen LogP) is 6.02. The lowest BCUT2D eigenvalue weighted by Gasteiger charge is -2.40. The molecule has 4 aromatic carbocycles. The summed E-state index contributed by atoms with van der Waals surface area (Å²) in [6.07, 6.45) is 3.39. The molecule has 5 heterocycles. The molecule has 13 nitrogen and oxygen atoms in total. The second-order valence-corrected chi connectivity index (χ2v) is 18.8. The first-order valence-corrected chi connectivity index (χ1v) is 23.5. The van der Waals surface area contributed by atoms with Crippen LogP contribution >= 0.6 is 0 Å². The summed E-state index contributed by atoms with van der Waals surface area (Å²) < 4.78 is 18.8. The summed E-state index contributed by atoms with van der Waals surface area (Å²) in [6.45, 7) is 8.72. The largest absolute Gasteiger partial charge is 0.399 e. The Morgan fingerprint density at radius 2 is 1.64 bits per heavy atom. The summed E-state index contributed by atoms with van der Waals surface area (Å²) in [5, 5.41) is 7.46. The van der Waals surface area contributed by atoms with Gasteiger partial charge in [0.05, 0.1) is 23.0 Å². The number of imide groups is 1. The number of benzene rings is 4. The highest BCUT2D eigenvalue weighted by Crippen LogP contribution is 2.32. The van der Waals surface area contributed by atoms with E-state index in [1.165, 1.54) is 4.57 Å². The number of carbonyl (C=O) groups excluding carboxylic acids is 4. The second-order valence-electron chi connectivity index (χ2n) is 18.8. The molecule has 4 aliphatic heterocycles. The van der Waals surface area contributed by atoms with Crippen molar-refractivity contribution in [3.8, 4) is 11.8 Å². The van der Waals surface area contributed by atoms with Gasteiger partial charge < -0.3 is 25.8 Å². The van der Waals surface area contributed by atoms with Gasteiger partial charge in [-0.1, -0.05) is 48.2 Å². The summed E-state index contributed by atoms with van der Waals surface area (Å²) in [4.78, 5) is 71.1. The van der Waals surface area contributed by atoms with Crippen LogP contribution < -0.4 is 27.0 Å². The van der Waals surface area contributed by atoms with Crippen LogP contribution in [0.25, 0.3) is 21.8 Å². The van der Waals surface area contributed by atoms with Crippen molar-refractivity contribution < 1.29 is 23.6 Å². The van der Waals surface area contributed by atoms with E-state index in [-0.39, 0.29) is 54.1 Å². The van der Waals surface area contributed by atoms with Gasteiger partial charge in [-0.3, -0.25) is 33.6 Å². The smallest absolute Gasteiger partial charge is 0.329 e. The number of hydrogen-bond donors (Lipinski definition) is 3. The monoisotopic (exact) mass is 894 g/mol. The minimum absolute atomic E-state index is 0.0379. The number of fused-ring (bicyclic) bond motifs is 2. The molecule has 4 saturated heterocycles. The molecule has 0 spiro atoms. The van der Waals surface area contributed by atoms with E-state index in [0.717, 1.165) is 104 Å². The van der Waals surface area contributed by atoms with E-state index >= 15 is 4.39 Å². The quantitative estimate of drug-likeness (QED) is 0.0972. The van der Waals surface area contributed by atoms with Gasteiger partial charge in [0.15, 0.2) is 0 Å². The lowest BCUT2D eigenvalue weighted by Crippen LogP contribution is -2.48. The Labute approximate surface area is 384 Å². The van der Waals surface area contributed by atoms with Crippen molar-refractivity contribution in [2.45, 2.75) is 77.0 Å². The molecular weight excluding hydrogens is 836 g/mol. The number of nitrogen functional groups attached to an aromatic ring is 1. The maximum absolute atomic E-state index is 15.8. The highest BCUT2D eigenvalue weighted by molar-refractivity contribution is 6.00. The topological polar surface area (TPSA) is 155 Å². The van der Waals surface area contributed by atoms with Crippen LogP contribution in [0.4, 0.5) is 15.8 Å². The number of amides is 4. The van der Waals surface area contributed by atoms with Crippen LogP contribution in [0.1, 0.15) is 91.0 Å². The Hall–Kier alpha value is -6.46. The molecule has 4 atom stereocenters. The van der Waals surface area contributed by atoms with Crippen molar-refractivity contribution in [2.24, 2.45) is 24.8 Å². The standard InChI is InChI=1S/C52H59FN8O5/c1-32-8-12-38(54)28-43(32)49(63)55-33(2)40-14-11-35(41-6-4-5-7-42(40)41)9-10-36-20-23-58(31-44(36)53)30-34-18-24-60(25-19-34)51(65)37-21-26-59(27-22-37)39-13-15-45-47(29-39)57(3)52(66)61(45)46-16-17-48(62)56-50(46)64/h4-8,11-15,28-29,33-34,36-37,44,46H,16-27,30-31,54H2,1-3H3,(H,55,63)(H,56,62,64)/t33-,36-,44+,46?/m1/s1. The van der Waals surface area contributed by atoms with E-state index in [1.54, 1.807) is 23.7 Å². The third-order valence-electron chi connectivity index (χ3n) is 14.5. The number of aromatic nitrogens is 2. The molecule has 0 bridgehead atoms. The molecule has 4 amide bonds. The third kappa shape index (κ3) is 9.05. The molecular formula is C52H59FN8O5. The van der Waals surface area contributed by atoms with Crippen molar-refractivity contribution >= 4 is 56.8 Å². The van der Waals surface area contributed by atoms with E-state index < -0.39 is 18.1 Å². The Balaban J connectivity index is 0.742. The number of imidazole rings is 1. The molecule has 344 valence electrons. The maximum atomic E-state index is 15.8. The molecule has 0 saturated carbocycles. The number of halogens is 1. The number of anilines is 2. The summed E-state index contributed by atoms with van der Waals surface area (Å²) in [6, 6.07) is 22.2. The fourth-order valence-electron chi connectivity index (χ4n) is 10.6. The van der Waals surface area contributed by atoms with Crippen LogP contribution in [0.5, 0.6) is 0 Å². The fourth-order valence-corrected chi connectivity index (χ4v) is 10.6. The summed E-state index contributed by atoms with van der Waals surface area (Å²) >= 11 is 0. The van der Waals surface area contributed by atoms with Crippen LogP contribution in [-0.4, -0.2) is 94.5 Å². The summed E-state index contributed by atoms with van der Waals surface area (Å²) in [5.74, 6) is 5.91. The van der Waals surface area contributed by atoms with Crippen molar-refractivity contribution in [3.63, 3.8) is 0 Å². The minimum atomic E-state index is -1.05. The van der Waals surface area contributed by atoms with Crippen molar-refractivity contribution in [1.29, 1.82) is 0 Å². The van der Waals surface area contributed by atoms with Gasteiger partial charge in [0, 0.05) is 81.2 Å². The van der Waals surface area contributed by atoms with E-state index in [9.17, 15) is 24.0 Å². The number of piperidine rings is 4. The predicted molar refractivity (Wildman–Crippen MR) is 255 cm³/mol. The molecule has 66 heavy (non-hydrogen) atoms. The van der Waals surface area contributed by atoms with Gasteiger partial charge in [0.25, 0.3) is 5.91 Å². The van der Waals surface area contributed by atoms with E-state index in [1.807, 2.05) is 79.4 Å². The molecule has 9 rings (SSSR count). The molecule has 0 radical (unpaired) electrons.